The highest BCUT2D eigenvalue weighted by Crippen LogP contribution is 2.21. The first-order chi connectivity index (χ1) is 7.06. The number of ether oxygens (including phenoxy) is 1. The van der Waals surface area contributed by atoms with E-state index in [1.165, 1.54) is 0 Å². The van der Waals surface area contributed by atoms with Crippen LogP contribution >= 0.6 is 0 Å². The minimum absolute atomic E-state index is 0.587. The molecule has 0 aromatic heterocycles. The monoisotopic (exact) mass is 209 g/mol. The summed E-state index contributed by atoms with van der Waals surface area (Å²) in [5.41, 5.74) is 6.97. The molecule has 1 unspecified atom stereocenters. The zero-order chi connectivity index (χ0) is 11.4. The zero-order valence-corrected chi connectivity index (χ0v) is 8.86. The van der Waals surface area contributed by atoms with Gasteiger partial charge in [0, 0.05) is 0 Å². The fourth-order valence-corrected chi connectivity index (χ4v) is 1.33. The molecule has 1 rings (SSSR count). The van der Waals surface area contributed by atoms with Crippen LogP contribution in [0.15, 0.2) is 18.2 Å². The van der Waals surface area contributed by atoms with Crippen molar-refractivity contribution >= 4 is 5.97 Å². The van der Waals surface area contributed by atoms with E-state index in [9.17, 15) is 4.79 Å². The molecule has 0 aliphatic rings. The second-order valence-corrected chi connectivity index (χ2v) is 3.27. The van der Waals surface area contributed by atoms with Gasteiger partial charge in [-0.1, -0.05) is 12.1 Å². The molecule has 4 heteroatoms. The van der Waals surface area contributed by atoms with Crippen LogP contribution in [0.25, 0.3) is 0 Å². The van der Waals surface area contributed by atoms with Crippen LogP contribution in [-0.4, -0.2) is 17.7 Å². The van der Waals surface area contributed by atoms with Gasteiger partial charge in [0.1, 0.15) is 11.8 Å². The van der Waals surface area contributed by atoms with E-state index in [1.807, 2.05) is 13.8 Å². The lowest BCUT2D eigenvalue weighted by Gasteiger charge is -2.11. The quantitative estimate of drug-likeness (QED) is 0.787. The van der Waals surface area contributed by atoms with Crippen LogP contribution in [0.1, 0.15) is 24.1 Å². The largest absolute Gasteiger partial charge is 0.494 e. The van der Waals surface area contributed by atoms with Crippen molar-refractivity contribution in [3.05, 3.63) is 29.3 Å². The summed E-state index contributed by atoms with van der Waals surface area (Å²) in [5.74, 6) is -0.266. The van der Waals surface area contributed by atoms with Crippen molar-refractivity contribution in [2.45, 2.75) is 19.9 Å². The van der Waals surface area contributed by atoms with Crippen molar-refractivity contribution in [1.82, 2.24) is 0 Å². The second kappa shape index (κ2) is 4.79. The number of aryl methyl sites for hydroxylation is 1. The zero-order valence-electron chi connectivity index (χ0n) is 8.86. The molecule has 3 N–H and O–H groups in total. The molecule has 15 heavy (non-hydrogen) atoms. The van der Waals surface area contributed by atoms with Gasteiger partial charge >= 0.3 is 5.97 Å². The Morgan fingerprint density at radius 1 is 1.60 bits per heavy atom. The van der Waals surface area contributed by atoms with Crippen molar-refractivity contribution < 1.29 is 14.6 Å². The second-order valence-electron chi connectivity index (χ2n) is 3.27. The van der Waals surface area contributed by atoms with Gasteiger partial charge in [0.25, 0.3) is 0 Å². The number of carbonyl (C=O) groups is 1. The molecule has 1 atom stereocenters. The van der Waals surface area contributed by atoms with E-state index in [4.69, 9.17) is 15.6 Å². The van der Waals surface area contributed by atoms with Gasteiger partial charge in [-0.25, -0.2) is 0 Å². The molecule has 1 aromatic carbocycles. The molecule has 0 saturated heterocycles. The summed E-state index contributed by atoms with van der Waals surface area (Å²) in [5, 5.41) is 8.74. The number of carboxylic acids is 1. The Morgan fingerprint density at radius 2 is 2.27 bits per heavy atom. The van der Waals surface area contributed by atoms with Gasteiger partial charge in [-0.15, -0.1) is 0 Å². The number of nitrogens with two attached hydrogens (primary N) is 1. The summed E-state index contributed by atoms with van der Waals surface area (Å²) >= 11 is 0. The van der Waals surface area contributed by atoms with Crippen LogP contribution in [0, 0.1) is 6.92 Å². The molecule has 0 fully saturated rings. The topological polar surface area (TPSA) is 72.5 Å². The van der Waals surface area contributed by atoms with Crippen LogP contribution in [0.2, 0.25) is 0 Å². The smallest absolute Gasteiger partial charge is 0.325 e. The number of carboxylic acid groups (broad SMARTS) is 1. The standard InChI is InChI=1S/C11H15NO3/c1-3-15-9-5-4-8(6-7(9)2)10(12)11(13)14/h4-6,10H,3,12H2,1-2H3,(H,13,14). The van der Waals surface area contributed by atoms with Crippen molar-refractivity contribution in [3.63, 3.8) is 0 Å². The number of hydrogen-bond acceptors (Lipinski definition) is 3. The van der Waals surface area contributed by atoms with Crippen LogP contribution < -0.4 is 10.5 Å². The summed E-state index contributed by atoms with van der Waals surface area (Å²) < 4.78 is 5.34. The molecular formula is C11H15NO3. The number of rotatable bonds is 4. The van der Waals surface area contributed by atoms with Crippen molar-refractivity contribution in [1.29, 1.82) is 0 Å². The van der Waals surface area contributed by atoms with E-state index >= 15 is 0 Å². The molecule has 0 aliphatic carbocycles. The van der Waals surface area contributed by atoms with Gasteiger partial charge in [0.05, 0.1) is 6.61 Å². The van der Waals surface area contributed by atoms with Crippen LogP contribution in [0.3, 0.4) is 0 Å². The predicted molar refractivity (Wildman–Crippen MR) is 56.9 cm³/mol. The van der Waals surface area contributed by atoms with Crippen LogP contribution in [0.4, 0.5) is 0 Å². The molecular weight excluding hydrogens is 194 g/mol. The predicted octanol–water partition coefficient (Wildman–Crippen LogP) is 1.48. The van der Waals surface area contributed by atoms with Gasteiger partial charge in [-0.3, -0.25) is 4.79 Å². The lowest BCUT2D eigenvalue weighted by Crippen LogP contribution is -2.20. The first-order valence-corrected chi connectivity index (χ1v) is 4.78. The maximum atomic E-state index is 10.7. The third kappa shape index (κ3) is 2.70. The van der Waals surface area contributed by atoms with Gasteiger partial charge in [-0.05, 0) is 31.0 Å². The van der Waals surface area contributed by atoms with Crippen molar-refractivity contribution in [2.75, 3.05) is 6.61 Å². The van der Waals surface area contributed by atoms with Gasteiger partial charge in [-0.2, -0.15) is 0 Å². The van der Waals surface area contributed by atoms with E-state index < -0.39 is 12.0 Å². The fraction of sp³-hybridized carbons (Fsp3) is 0.364. The molecule has 0 aliphatic heterocycles. The van der Waals surface area contributed by atoms with E-state index in [0.717, 1.165) is 11.3 Å². The van der Waals surface area contributed by atoms with Crippen molar-refractivity contribution in [2.24, 2.45) is 5.73 Å². The molecule has 1 aromatic rings. The molecule has 82 valence electrons. The van der Waals surface area contributed by atoms with Gasteiger partial charge in [0.2, 0.25) is 0 Å². The lowest BCUT2D eigenvalue weighted by atomic mass is 10.0. The Morgan fingerprint density at radius 3 is 2.73 bits per heavy atom. The Hall–Kier alpha value is -1.55. The lowest BCUT2D eigenvalue weighted by molar-refractivity contribution is -0.138. The molecule has 0 spiro atoms. The van der Waals surface area contributed by atoms with E-state index in [-0.39, 0.29) is 0 Å². The Labute approximate surface area is 88.7 Å². The summed E-state index contributed by atoms with van der Waals surface area (Å²) in [6, 6.07) is 4.19. The van der Waals surface area contributed by atoms with Gasteiger partial charge < -0.3 is 15.6 Å². The molecule has 0 saturated carbocycles. The normalized spacial score (nSPS) is 12.2. The first kappa shape index (κ1) is 11.5. The Kier molecular flexibility index (Phi) is 3.68. The molecule has 0 radical (unpaired) electrons. The summed E-state index contributed by atoms with van der Waals surface area (Å²) in [6.45, 7) is 4.35. The minimum atomic E-state index is -1.03. The minimum Gasteiger partial charge on any atom is -0.494 e. The van der Waals surface area contributed by atoms with E-state index in [0.29, 0.717) is 12.2 Å². The summed E-state index contributed by atoms with van der Waals surface area (Å²) in [4.78, 5) is 10.7. The Bertz CT molecular complexity index is 363. The molecule has 0 heterocycles. The molecule has 0 bridgehead atoms. The summed E-state index contributed by atoms with van der Waals surface area (Å²) in [7, 11) is 0. The highest BCUT2D eigenvalue weighted by Gasteiger charge is 2.14. The van der Waals surface area contributed by atoms with Crippen LogP contribution in [-0.2, 0) is 4.79 Å². The maximum Gasteiger partial charge on any atom is 0.325 e. The van der Waals surface area contributed by atoms with E-state index in [2.05, 4.69) is 0 Å². The van der Waals surface area contributed by atoms with E-state index in [1.54, 1.807) is 18.2 Å². The van der Waals surface area contributed by atoms with Crippen molar-refractivity contribution in [3.8, 4) is 5.75 Å². The third-order valence-corrected chi connectivity index (χ3v) is 2.12. The summed E-state index contributed by atoms with van der Waals surface area (Å²) in [6.07, 6.45) is 0. The average molecular weight is 209 g/mol. The number of benzene rings is 1. The Balaban J connectivity index is 2.95. The van der Waals surface area contributed by atoms with Gasteiger partial charge in [0.15, 0.2) is 0 Å². The average Bonchev–Trinajstić information content (AvgIpc) is 2.20. The fourth-order valence-electron chi connectivity index (χ4n) is 1.33. The SMILES string of the molecule is CCOc1ccc(C(N)C(=O)O)cc1C. The highest BCUT2D eigenvalue weighted by atomic mass is 16.5. The molecule has 4 nitrogen and oxygen atoms in total. The number of hydrogen-bond donors (Lipinski definition) is 2. The highest BCUT2D eigenvalue weighted by molar-refractivity contribution is 5.75. The number of aliphatic carboxylic acids is 1. The van der Waals surface area contributed by atoms with Crippen LogP contribution in [0.5, 0.6) is 5.75 Å². The first-order valence-electron chi connectivity index (χ1n) is 4.78. The maximum absolute atomic E-state index is 10.7. The molecule has 0 amide bonds. The third-order valence-electron chi connectivity index (χ3n) is 2.12.